The number of ether oxygens (including phenoxy) is 1. The van der Waals surface area contributed by atoms with Gasteiger partial charge in [-0.25, -0.2) is 18.0 Å². The molecule has 290 valence electrons. The Kier molecular flexibility index (Phi) is 10.9. The van der Waals surface area contributed by atoms with E-state index >= 15 is 0 Å². The third-order valence-electron chi connectivity index (χ3n) is 9.47. The summed E-state index contributed by atoms with van der Waals surface area (Å²) in [5.74, 6) is -7.22. The fourth-order valence-electron chi connectivity index (χ4n) is 6.73. The summed E-state index contributed by atoms with van der Waals surface area (Å²) in [6, 6.07) is 19.4. The molecule has 0 aromatic heterocycles. The molecule has 6 N–H and O–H groups in total. The molecule has 15 nitrogen and oxygen atoms in total. The second-order valence-corrected chi connectivity index (χ2v) is 15.2. The van der Waals surface area contributed by atoms with Crippen molar-refractivity contribution in [1.82, 2.24) is 9.62 Å². The van der Waals surface area contributed by atoms with Gasteiger partial charge in [0, 0.05) is 49.2 Å². The number of hydrogen-bond acceptors (Lipinski definition) is 12. The van der Waals surface area contributed by atoms with E-state index in [4.69, 9.17) is 4.74 Å². The number of carboxylic acids is 1. The smallest absolute Gasteiger partial charge is 0.338 e. The molecule has 16 heteroatoms. The molecule has 1 aliphatic rings. The van der Waals surface area contributed by atoms with E-state index < -0.39 is 85.3 Å². The molecule has 1 heterocycles. The first-order chi connectivity index (χ1) is 26.6. The second kappa shape index (κ2) is 15.6. The molecule has 5 aromatic carbocycles. The minimum absolute atomic E-state index is 0.00519. The van der Waals surface area contributed by atoms with Crippen LogP contribution in [0.4, 0.5) is 5.69 Å². The highest BCUT2D eigenvalue weighted by molar-refractivity contribution is 7.89. The van der Waals surface area contributed by atoms with Crippen molar-refractivity contribution in [2.75, 3.05) is 32.1 Å². The van der Waals surface area contributed by atoms with Gasteiger partial charge in [0.05, 0.1) is 27.6 Å². The summed E-state index contributed by atoms with van der Waals surface area (Å²) < 4.78 is 35.8. The van der Waals surface area contributed by atoms with Crippen LogP contribution in [0.1, 0.15) is 59.8 Å². The number of ketones is 1. The average Bonchev–Trinajstić information content (AvgIpc) is 3.36. The van der Waals surface area contributed by atoms with Gasteiger partial charge >= 0.3 is 11.9 Å². The first kappa shape index (κ1) is 39.1. The number of fused-ring (bicyclic) bond motifs is 1. The fraction of sp³-hybridized carbons (Fsp3) is 0.200. The average molecular weight is 784 g/mol. The molecule has 0 saturated carbocycles. The highest BCUT2D eigenvalue weighted by atomic mass is 32.2. The van der Waals surface area contributed by atoms with Crippen LogP contribution in [-0.4, -0.2) is 101 Å². The van der Waals surface area contributed by atoms with Crippen molar-refractivity contribution in [3.05, 3.63) is 119 Å². The lowest BCUT2D eigenvalue weighted by Crippen LogP contribution is -2.51. The first-order valence-corrected chi connectivity index (χ1v) is 18.7. The van der Waals surface area contributed by atoms with Crippen molar-refractivity contribution in [2.24, 2.45) is 0 Å². The van der Waals surface area contributed by atoms with E-state index in [2.05, 4.69) is 5.32 Å². The Labute approximate surface area is 320 Å². The van der Waals surface area contributed by atoms with Crippen LogP contribution in [0.15, 0.2) is 95.9 Å². The van der Waals surface area contributed by atoms with E-state index in [9.17, 15) is 53.1 Å². The van der Waals surface area contributed by atoms with Crippen LogP contribution in [0.3, 0.4) is 0 Å². The van der Waals surface area contributed by atoms with Gasteiger partial charge in [0.25, 0.3) is 5.91 Å². The maximum Gasteiger partial charge on any atom is 0.338 e. The second-order valence-electron chi connectivity index (χ2n) is 13.3. The quantitative estimate of drug-likeness (QED) is 0.0850. The predicted octanol–water partition coefficient (Wildman–Crippen LogP) is 4.47. The Morgan fingerprint density at radius 3 is 2.09 bits per heavy atom. The van der Waals surface area contributed by atoms with Gasteiger partial charge in [-0.15, -0.1) is 0 Å². The number of sulfonamides is 1. The molecule has 2 atom stereocenters. The van der Waals surface area contributed by atoms with Crippen LogP contribution in [0.5, 0.6) is 23.0 Å². The molecule has 1 saturated heterocycles. The Morgan fingerprint density at radius 2 is 1.43 bits per heavy atom. The van der Waals surface area contributed by atoms with E-state index in [0.29, 0.717) is 10.8 Å². The van der Waals surface area contributed by atoms with Crippen LogP contribution >= 0.6 is 0 Å². The van der Waals surface area contributed by atoms with Crippen molar-refractivity contribution >= 4 is 50.1 Å². The van der Waals surface area contributed by atoms with Crippen molar-refractivity contribution in [1.29, 1.82) is 0 Å². The number of phenolic OH excluding ortho intramolecular Hbond substituents is 4. The van der Waals surface area contributed by atoms with E-state index in [1.807, 2.05) is 31.1 Å². The third kappa shape index (κ3) is 7.65. The Bertz CT molecular complexity index is 2460. The van der Waals surface area contributed by atoms with Gasteiger partial charge in [-0.1, -0.05) is 30.3 Å². The molecule has 0 spiro atoms. The maximum absolute atomic E-state index is 14.4. The topological polar surface area (TPSA) is 231 Å². The normalized spacial score (nSPS) is 16.1. The zero-order chi connectivity index (χ0) is 40.5. The summed E-state index contributed by atoms with van der Waals surface area (Å²) in [6.45, 7) is -0.334. The number of aromatic carboxylic acids is 1. The number of phenols is 4. The van der Waals surface area contributed by atoms with Crippen molar-refractivity contribution in [3.63, 3.8) is 0 Å². The Hall–Kier alpha value is -6.65. The number of hydrogen-bond donors (Lipinski definition) is 6. The molecule has 1 aliphatic heterocycles. The number of carboxylic acid groups (broad SMARTS) is 1. The van der Waals surface area contributed by atoms with E-state index in [1.165, 1.54) is 40.7 Å². The van der Waals surface area contributed by atoms with Crippen LogP contribution in [0, 0.1) is 0 Å². The summed E-state index contributed by atoms with van der Waals surface area (Å²) in [7, 11) is -0.529. The number of carbonyl (C=O) groups is 4. The highest BCUT2D eigenvalue weighted by Crippen LogP contribution is 2.36. The zero-order valence-electron chi connectivity index (χ0n) is 30.0. The molecule has 1 fully saturated rings. The van der Waals surface area contributed by atoms with Gasteiger partial charge in [0.15, 0.2) is 0 Å². The van der Waals surface area contributed by atoms with Gasteiger partial charge in [0.2, 0.25) is 15.8 Å². The van der Waals surface area contributed by atoms with E-state index in [0.717, 1.165) is 30.0 Å². The number of carbonyl (C=O) groups excluding carboxylic acids is 3. The maximum atomic E-state index is 14.4. The Morgan fingerprint density at radius 1 is 0.786 bits per heavy atom. The minimum Gasteiger partial charge on any atom is -0.508 e. The third-order valence-corrected chi connectivity index (χ3v) is 11.4. The summed E-state index contributed by atoms with van der Waals surface area (Å²) in [5, 5.41) is 55.2. The number of nitrogens with one attached hydrogen (secondary N) is 1. The molecular weight excluding hydrogens is 747 g/mol. The van der Waals surface area contributed by atoms with Gasteiger partial charge in [0.1, 0.15) is 34.7 Å². The summed E-state index contributed by atoms with van der Waals surface area (Å²) in [5.41, 5.74) is -1.58. The van der Waals surface area contributed by atoms with Crippen LogP contribution in [-0.2, 0) is 14.8 Å². The molecule has 6 rings (SSSR count). The number of amides is 1. The van der Waals surface area contributed by atoms with Crippen LogP contribution < -0.4 is 10.2 Å². The number of nitrogens with zero attached hydrogens (tertiary/aromatic N) is 2. The summed E-state index contributed by atoms with van der Waals surface area (Å²) >= 11 is 0. The zero-order valence-corrected chi connectivity index (χ0v) is 30.9. The van der Waals surface area contributed by atoms with Gasteiger partial charge in [-0.05, 0) is 73.5 Å². The number of rotatable bonds is 10. The molecule has 5 aromatic rings. The number of benzene rings is 5. The molecule has 0 bridgehead atoms. The number of aromatic hydroxyl groups is 4. The van der Waals surface area contributed by atoms with E-state index in [1.54, 1.807) is 18.2 Å². The molecular formula is C40H37N3O12S. The SMILES string of the molecule is CN(C)c1cccc2c(S(=O)(=O)N3CCC[C@@H](OC(=O)c4cc(O)c(C(=O)c5c(O)cccc5C(=O)O)c(O)c4)[C@H](NC(=O)c4ccc(O)cc4)C3)cccc12. The lowest BCUT2D eigenvalue weighted by Gasteiger charge is -2.29. The van der Waals surface area contributed by atoms with Crippen molar-refractivity contribution in [2.45, 2.75) is 29.9 Å². The lowest BCUT2D eigenvalue weighted by atomic mass is 9.95. The summed E-state index contributed by atoms with van der Waals surface area (Å²) in [4.78, 5) is 54.1. The van der Waals surface area contributed by atoms with Gasteiger partial charge in [-0.2, -0.15) is 4.31 Å². The monoisotopic (exact) mass is 783 g/mol. The van der Waals surface area contributed by atoms with Crippen molar-refractivity contribution in [3.8, 4) is 23.0 Å². The molecule has 0 unspecified atom stereocenters. The standard InChI is InChI=1S/C40H37N3O12S/c1-42(2)29-10-3-8-26-25(29)7-5-13-34(26)56(53,54)43-18-6-12-33(28(21-43)41-38(49)22-14-16-24(44)17-15-22)55-40(52)23-19-31(46)36(32(47)20-23)37(48)35-27(39(50)51)9-4-11-30(35)45/h3-5,7-11,13-17,19-20,28,33,44-47H,6,12,18,21H2,1-2H3,(H,41,49)(H,50,51)/t28-,33-/m1/s1. The van der Waals surface area contributed by atoms with Gasteiger partial charge < -0.3 is 40.5 Å². The first-order valence-electron chi connectivity index (χ1n) is 17.2. The minimum atomic E-state index is -4.22. The molecule has 56 heavy (non-hydrogen) atoms. The highest BCUT2D eigenvalue weighted by Gasteiger charge is 2.38. The van der Waals surface area contributed by atoms with E-state index in [-0.39, 0.29) is 42.1 Å². The lowest BCUT2D eigenvalue weighted by molar-refractivity contribution is 0.0184. The number of anilines is 1. The van der Waals surface area contributed by atoms with Crippen LogP contribution in [0.2, 0.25) is 0 Å². The molecule has 0 aliphatic carbocycles. The molecule has 0 radical (unpaired) electrons. The predicted molar refractivity (Wildman–Crippen MR) is 203 cm³/mol. The largest absolute Gasteiger partial charge is 0.508 e. The van der Waals surface area contributed by atoms with Gasteiger partial charge in [-0.3, -0.25) is 9.59 Å². The summed E-state index contributed by atoms with van der Waals surface area (Å²) in [6.07, 6.45) is -0.896. The number of esters is 1. The molecule has 1 amide bonds. The fourth-order valence-corrected chi connectivity index (χ4v) is 8.44. The van der Waals surface area contributed by atoms with Crippen LogP contribution in [0.25, 0.3) is 10.8 Å². The van der Waals surface area contributed by atoms with Crippen molar-refractivity contribution < 1.29 is 57.9 Å². The Balaban J connectivity index is 1.32.